The van der Waals surface area contributed by atoms with Crippen LogP contribution in [0.4, 0.5) is 0 Å². The van der Waals surface area contributed by atoms with Crippen LogP contribution in [0.5, 0.6) is 0 Å². The molecule has 0 bridgehead atoms. The number of hydrogen-bond donors (Lipinski definition) is 1. The average molecular weight is 253 g/mol. The Morgan fingerprint density at radius 2 is 2.00 bits per heavy atom. The van der Waals surface area contributed by atoms with Gasteiger partial charge in [-0.25, -0.2) is 0 Å². The maximum absolute atomic E-state index is 11.5. The molecule has 0 aromatic carbocycles. The van der Waals surface area contributed by atoms with Gasteiger partial charge in [0.25, 0.3) is 0 Å². The Morgan fingerprint density at radius 3 is 2.67 bits per heavy atom. The minimum absolute atomic E-state index is 0.0562. The van der Waals surface area contributed by atoms with E-state index in [4.69, 9.17) is 5.11 Å². The molecule has 0 amide bonds. The van der Waals surface area contributed by atoms with E-state index in [0.717, 1.165) is 38.9 Å². The van der Waals surface area contributed by atoms with Crippen molar-refractivity contribution < 1.29 is 9.90 Å². The summed E-state index contributed by atoms with van der Waals surface area (Å²) < 4.78 is 0. The molecular weight excluding hydrogens is 226 g/mol. The van der Waals surface area contributed by atoms with Gasteiger partial charge in [0.15, 0.2) is 0 Å². The summed E-state index contributed by atoms with van der Waals surface area (Å²) in [5.74, 6) is 0.635. The van der Waals surface area contributed by atoms with Gasteiger partial charge in [0.05, 0.1) is 0 Å². The van der Waals surface area contributed by atoms with Gasteiger partial charge in [-0.15, -0.1) is 0 Å². The van der Waals surface area contributed by atoms with Crippen molar-refractivity contribution in [1.29, 1.82) is 0 Å². The highest BCUT2D eigenvalue weighted by Crippen LogP contribution is 2.36. The Morgan fingerprint density at radius 1 is 1.22 bits per heavy atom. The number of piperidine rings is 1. The zero-order chi connectivity index (χ0) is 12.8. The molecule has 2 rings (SSSR count). The smallest absolute Gasteiger partial charge is 0.127 e. The van der Waals surface area contributed by atoms with Gasteiger partial charge < -0.3 is 14.8 Å². The molecule has 3 heteroatoms. The molecule has 0 spiro atoms. The van der Waals surface area contributed by atoms with Crippen molar-refractivity contribution in [2.24, 2.45) is 11.3 Å². The first-order chi connectivity index (χ1) is 8.78. The molecule has 2 fully saturated rings. The molecule has 1 saturated carbocycles. The fraction of sp³-hybridized carbons (Fsp3) is 0.933. The number of carbonyl (C=O) groups excluding carboxylic acids is 1. The van der Waals surface area contributed by atoms with Gasteiger partial charge in [-0.05, 0) is 44.6 Å². The predicted molar refractivity (Wildman–Crippen MR) is 72.4 cm³/mol. The highest BCUT2D eigenvalue weighted by Gasteiger charge is 2.34. The van der Waals surface area contributed by atoms with Gasteiger partial charge in [-0.3, -0.25) is 0 Å². The van der Waals surface area contributed by atoms with Crippen molar-refractivity contribution in [1.82, 2.24) is 4.90 Å². The molecule has 0 aromatic rings. The van der Waals surface area contributed by atoms with Crippen LogP contribution in [0.3, 0.4) is 0 Å². The van der Waals surface area contributed by atoms with Crippen LogP contribution < -0.4 is 0 Å². The van der Waals surface area contributed by atoms with Gasteiger partial charge in [0, 0.05) is 25.1 Å². The van der Waals surface area contributed by atoms with E-state index in [1.165, 1.54) is 38.4 Å². The lowest BCUT2D eigenvalue weighted by atomic mass is 9.74. The third kappa shape index (κ3) is 3.55. The maximum Gasteiger partial charge on any atom is 0.127 e. The Hall–Kier alpha value is -0.410. The molecule has 1 aliphatic heterocycles. The highest BCUT2D eigenvalue weighted by molar-refractivity contribution is 5.60. The molecule has 104 valence electrons. The van der Waals surface area contributed by atoms with Crippen molar-refractivity contribution in [3.05, 3.63) is 0 Å². The minimum atomic E-state index is -0.0562. The standard InChI is InChI=1S/C15H27NO2/c17-10-6-14-5-4-9-16(11-14)12-15(13-18)7-2-1-3-8-15/h13-14,17H,1-12H2. The van der Waals surface area contributed by atoms with Crippen LogP contribution in [0.25, 0.3) is 0 Å². The second-order valence-corrected chi connectivity index (χ2v) is 6.30. The van der Waals surface area contributed by atoms with E-state index in [9.17, 15) is 4.79 Å². The van der Waals surface area contributed by atoms with Crippen LogP contribution >= 0.6 is 0 Å². The Kier molecular flexibility index (Phi) is 5.19. The van der Waals surface area contributed by atoms with Crippen LogP contribution in [0.1, 0.15) is 51.4 Å². The van der Waals surface area contributed by atoms with Crippen molar-refractivity contribution >= 4 is 6.29 Å². The molecule has 1 saturated heterocycles. The van der Waals surface area contributed by atoms with E-state index in [1.807, 2.05) is 0 Å². The summed E-state index contributed by atoms with van der Waals surface area (Å²) in [6, 6.07) is 0. The molecule has 1 N–H and O–H groups in total. The van der Waals surface area contributed by atoms with Gasteiger partial charge in [-0.2, -0.15) is 0 Å². The fourth-order valence-electron chi connectivity index (χ4n) is 3.73. The SMILES string of the molecule is O=CC1(CN2CCCC(CCO)C2)CCCCC1. The predicted octanol–water partition coefficient (Wildman–Crippen LogP) is 2.23. The summed E-state index contributed by atoms with van der Waals surface area (Å²) >= 11 is 0. The van der Waals surface area contributed by atoms with E-state index in [0.29, 0.717) is 12.5 Å². The number of likely N-dealkylation sites (tertiary alicyclic amines) is 1. The van der Waals surface area contributed by atoms with Crippen LogP contribution in [-0.2, 0) is 4.79 Å². The number of hydrogen-bond acceptors (Lipinski definition) is 3. The second kappa shape index (κ2) is 6.67. The van der Waals surface area contributed by atoms with E-state index >= 15 is 0 Å². The fourth-order valence-corrected chi connectivity index (χ4v) is 3.73. The zero-order valence-electron chi connectivity index (χ0n) is 11.4. The number of aldehydes is 1. The third-order valence-corrected chi connectivity index (χ3v) is 4.78. The third-order valence-electron chi connectivity index (χ3n) is 4.78. The summed E-state index contributed by atoms with van der Waals surface area (Å²) in [4.78, 5) is 14.0. The quantitative estimate of drug-likeness (QED) is 0.764. The average Bonchev–Trinajstić information content (AvgIpc) is 2.41. The van der Waals surface area contributed by atoms with E-state index < -0.39 is 0 Å². The number of aliphatic hydroxyl groups excluding tert-OH is 1. The lowest BCUT2D eigenvalue weighted by Gasteiger charge is -2.40. The van der Waals surface area contributed by atoms with Crippen molar-refractivity contribution in [2.75, 3.05) is 26.2 Å². The summed E-state index contributed by atoms with van der Waals surface area (Å²) in [7, 11) is 0. The first-order valence-electron chi connectivity index (χ1n) is 7.57. The summed E-state index contributed by atoms with van der Waals surface area (Å²) in [5.41, 5.74) is -0.0562. The molecule has 3 nitrogen and oxygen atoms in total. The second-order valence-electron chi connectivity index (χ2n) is 6.30. The first-order valence-corrected chi connectivity index (χ1v) is 7.57. The van der Waals surface area contributed by atoms with Crippen molar-refractivity contribution in [3.63, 3.8) is 0 Å². The van der Waals surface area contributed by atoms with Crippen LogP contribution in [0, 0.1) is 11.3 Å². The lowest BCUT2D eigenvalue weighted by molar-refractivity contribution is -0.119. The Labute approximate surface area is 111 Å². The first kappa shape index (κ1) is 14.0. The number of rotatable bonds is 5. The molecule has 1 aliphatic carbocycles. The number of carbonyl (C=O) groups is 1. The largest absolute Gasteiger partial charge is 0.396 e. The van der Waals surface area contributed by atoms with E-state index in [2.05, 4.69) is 4.90 Å². The molecular formula is C15H27NO2. The zero-order valence-corrected chi connectivity index (χ0v) is 11.4. The van der Waals surface area contributed by atoms with Gasteiger partial charge in [-0.1, -0.05) is 19.3 Å². The normalized spacial score (nSPS) is 29.1. The lowest BCUT2D eigenvalue weighted by Crippen LogP contribution is -2.44. The topological polar surface area (TPSA) is 40.5 Å². The number of nitrogens with zero attached hydrogens (tertiary/aromatic N) is 1. The molecule has 18 heavy (non-hydrogen) atoms. The monoisotopic (exact) mass is 253 g/mol. The Balaban J connectivity index is 1.88. The molecule has 2 aliphatic rings. The van der Waals surface area contributed by atoms with Gasteiger partial charge in [0.2, 0.25) is 0 Å². The Bertz CT molecular complexity index is 259. The summed E-state index contributed by atoms with van der Waals surface area (Å²) in [6.07, 6.45) is 10.5. The van der Waals surface area contributed by atoms with Crippen LogP contribution in [-0.4, -0.2) is 42.5 Å². The summed E-state index contributed by atoms with van der Waals surface area (Å²) in [5, 5.41) is 9.05. The molecule has 1 atom stereocenters. The molecule has 0 aromatic heterocycles. The molecule has 0 radical (unpaired) electrons. The highest BCUT2D eigenvalue weighted by atomic mass is 16.3. The van der Waals surface area contributed by atoms with E-state index in [1.54, 1.807) is 0 Å². The minimum Gasteiger partial charge on any atom is -0.396 e. The van der Waals surface area contributed by atoms with Gasteiger partial charge >= 0.3 is 0 Å². The van der Waals surface area contributed by atoms with Gasteiger partial charge in [0.1, 0.15) is 6.29 Å². The number of aliphatic hydroxyl groups is 1. The molecule has 1 unspecified atom stereocenters. The van der Waals surface area contributed by atoms with E-state index in [-0.39, 0.29) is 5.41 Å². The van der Waals surface area contributed by atoms with Crippen molar-refractivity contribution in [3.8, 4) is 0 Å². The maximum atomic E-state index is 11.5. The summed E-state index contributed by atoms with van der Waals surface area (Å²) in [6.45, 7) is 3.48. The molecule has 1 heterocycles. The van der Waals surface area contributed by atoms with Crippen molar-refractivity contribution in [2.45, 2.75) is 51.4 Å². The van der Waals surface area contributed by atoms with Crippen LogP contribution in [0.15, 0.2) is 0 Å². The van der Waals surface area contributed by atoms with Crippen LogP contribution in [0.2, 0.25) is 0 Å².